The summed E-state index contributed by atoms with van der Waals surface area (Å²) in [5, 5.41) is 13.4. The minimum atomic E-state index is -2.91. The highest BCUT2D eigenvalue weighted by molar-refractivity contribution is 7.91. The van der Waals surface area contributed by atoms with Crippen LogP contribution in [0, 0.1) is 11.3 Å². The fourth-order valence-electron chi connectivity index (χ4n) is 1.39. The smallest absolute Gasteiger partial charge is 0.234 e. The Morgan fingerprint density at radius 3 is 2.80 bits per heavy atom. The lowest BCUT2D eigenvalue weighted by atomic mass is 10.2. The standard InChI is InChI=1S/C8H13N3O3S/c9-2-3-10-8(12)5-11-7-1-4-15(13,14)6-7/h7,11H,1,3-6H2,(H,10,12). The van der Waals surface area contributed by atoms with Crippen molar-refractivity contribution >= 4 is 15.7 Å². The Kier molecular flexibility index (Phi) is 4.05. The molecule has 0 saturated carbocycles. The molecule has 0 aromatic carbocycles. The summed E-state index contributed by atoms with van der Waals surface area (Å²) >= 11 is 0. The number of nitriles is 1. The van der Waals surface area contributed by atoms with Crippen LogP contribution in [0.15, 0.2) is 0 Å². The van der Waals surface area contributed by atoms with Crippen molar-refractivity contribution in [2.75, 3.05) is 24.6 Å². The summed E-state index contributed by atoms with van der Waals surface area (Å²) < 4.78 is 22.1. The maximum Gasteiger partial charge on any atom is 0.234 e. The molecule has 1 rings (SSSR count). The summed E-state index contributed by atoms with van der Waals surface area (Å²) in [6, 6.07) is 1.65. The van der Waals surface area contributed by atoms with E-state index in [1.807, 2.05) is 0 Å². The van der Waals surface area contributed by atoms with E-state index in [9.17, 15) is 13.2 Å². The van der Waals surface area contributed by atoms with Gasteiger partial charge in [-0.25, -0.2) is 8.42 Å². The molecule has 1 atom stereocenters. The van der Waals surface area contributed by atoms with Crippen LogP contribution in [0.25, 0.3) is 0 Å². The zero-order chi connectivity index (χ0) is 11.3. The lowest BCUT2D eigenvalue weighted by molar-refractivity contribution is -0.120. The van der Waals surface area contributed by atoms with E-state index < -0.39 is 9.84 Å². The molecule has 1 aliphatic rings. The van der Waals surface area contributed by atoms with Gasteiger partial charge in [-0.1, -0.05) is 0 Å². The van der Waals surface area contributed by atoms with Gasteiger partial charge in [0.05, 0.1) is 24.1 Å². The van der Waals surface area contributed by atoms with Gasteiger partial charge in [0.25, 0.3) is 0 Å². The van der Waals surface area contributed by atoms with Crippen LogP contribution >= 0.6 is 0 Å². The molecule has 7 heteroatoms. The summed E-state index contributed by atoms with van der Waals surface area (Å²) in [6.45, 7) is 0.0331. The minimum absolute atomic E-state index is 0.0243. The number of hydrogen-bond acceptors (Lipinski definition) is 5. The number of sulfone groups is 1. The molecule has 84 valence electrons. The van der Waals surface area contributed by atoms with Crippen LogP contribution < -0.4 is 10.6 Å². The number of carbonyl (C=O) groups excluding carboxylic acids is 1. The largest absolute Gasteiger partial charge is 0.342 e. The molecule has 15 heavy (non-hydrogen) atoms. The summed E-state index contributed by atoms with van der Waals surface area (Å²) in [5.41, 5.74) is 0. The Labute approximate surface area is 88.6 Å². The second kappa shape index (κ2) is 5.09. The van der Waals surface area contributed by atoms with Crippen molar-refractivity contribution in [3.8, 4) is 6.07 Å². The summed E-state index contributed by atoms with van der Waals surface area (Å²) in [4.78, 5) is 11.0. The molecule has 0 spiro atoms. The molecule has 1 saturated heterocycles. The lowest BCUT2D eigenvalue weighted by Crippen LogP contribution is -2.39. The van der Waals surface area contributed by atoms with E-state index in [1.54, 1.807) is 6.07 Å². The molecule has 2 N–H and O–H groups in total. The van der Waals surface area contributed by atoms with Crippen LogP contribution in [0.1, 0.15) is 6.42 Å². The van der Waals surface area contributed by atoms with Crippen molar-refractivity contribution < 1.29 is 13.2 Å². The Hall–Kier alpha value is -1.13. The van der Waals surface area contributed by atoms with E-state index in [-0.39, 0.29) is 36.5 Å². The van der Waals surface area contributed by atoms with E-state index in [2.05, 4.69) is 10.6 Å². The van der Waals surface area contributed by atoms with Crippen LogP contribution in [-0.4, -0.2) is 45.0 Å². The van der Waals surface area contributed by atoms with Gasteiger partial charge in [-0.15, -0.1) is 0 Å². The van der Waals surface area contributed by atoms with Gasteiger partial charge in [-0.2, -0.15) is 5.26 Å². The fraction of sp³-hybridized carbons (Fsp3) is 0.750. The highest BCUT2D eigenvalue weighted by atomic mass is 32.2. The van der Waals surface area contributed by atoms with Crippen molar-refractivity contribution in [3.05, 3.63) is 0 Å². The maximum atomic E-state index is 11.1. The van der Waals surface area contributed by atoms with Gasteiger partial charge in [0, 0.05) is 6.04 Å². The molecule has 0 radical (unpaired) electrons. The van der Waals surface area contributed by atoms with Crippen molar-refractivity contribution in [1.82, 2.24) is 10.6 Å². The first-order valence-electron chi connectivity index (χ1n) is 4.61. The number of hydrogen-bond donors (Lipinski definition) is 2. The van der Waals surface area contributed by atoms with Crippen molar-refractivity contribution in [2.45, 2.75) is 12.5 Å². The second-order valence-electron chi connectivity index (χ2n) is 3.42. The molecule has 0 aliphatic carbocycles. The van der Waals surface area contributed by atoms with Gasteiger partial charge in [-0.05, 0) is 6.42 Å². The van der Waals surface area contributed by atoms with Crippen LogP contribution in [-0.2, 0) is 14.6 Å². The minimum Gasteiger partial charge on any atom is -0.342 e. The zero-order valence-electron chi connectivity index (χ0n) is 8.19. The predicted molar refractivity (Wildman–Crippen MR) is 53.7 cm³/mol. The highest BCUT2D eigenvalue weighted by Gasteiger charge is 2.27. The third-order valence-electron chi connectivity index (χ3n) is 2.15. The first kappa shape index (κ1) is 11.9. The Morgan fingerprint density at radius 1 is 1.53 bits per heavy atom. The molecule has 1 amide bonds. The normalized spacial score (nSPS) is 23.3. The number of nitrogens with one attached hydrogen (secondary N) is 2. The van der Waals surface area contributed by atoms with Gasteiger partial charge in [0.2, 0.25) is 5.91 Å². The first-order chi connectivity index (χ1) is 7.03. The fourth-order valence-corrected chi connectivity index (χ4v) is 3.10. The Morgan fingerprint density at radius 2 is 2.27 bits per heavy atom. The average molecular weight is 231 g/mol. The predicted octanol–water partition coefficient (Wildman–Crippen LogP) is -1.60. The highest BCUT2D eigenvalue weighted by Crippen LogP contribution is 2.10. The van der Waals surface area contributed by atoms with E-state index in [0.717, 1.165) is 0 Å². The molecule has 1 heterocycles. The molecule has 1 aliphatic heterocycles. The van der Waals surface area contributed by atoms with E-state index in [4.69, 9.17) is 5.26 Å². The summed E-state index contributed by atoms with van der Waals surface area (Å²) in [6.07, 6.45) is 0.549. The third kappa shape index (κ3) is 4.27. The number of carbonyl (C=O) groups is 1. The SMILES string of the molecule is N#CCNC(=O)CNC1CCS(=O)(=O)C1. The van der Waals surface area contributed by atoms with Gasteiger partial charge in [0.1, 0.15) is 6.54 Å². The average Bonchev–Trinajstić information content (AvgIpc) is 2.52. The van der Waals surface area contributed by atoms with E-state index >= 15 is 0 Å². The van der Waals surface area contributed by atoms with E-state index in [1.165, 1.54) is 0 Å². The number of rotatable bonds is 4. The lowest BCUT2D eigenvalue weighted by Gasteiger charge is -2.09. The second-order valence-corrected chi connectivity index (χ2v) is 5.64. The van der Waals surface area contributed by atoms with Crippen molar-refractivity contribution in [1.29, 1.82) is 5.26 Å². The van der Waals surface area contributed by atoms with Gasteiger partial charge in [-0.3, -0.25) is 4.79 Å². The third-order valence-corrected chi connectivity index (χ3v) is 3.92. The molecule has 1 fully saturated rings. The van der Waals surface area contributed by atoms with Crippen LogP contribution in [0.4, 0.5) is 0 Å². The molecule has 0 aromatic heterocycles. The molecular formula is C8H13N3O3S. The quantitative estimate of drug-likeness (QED) is 0.568. The molecule has 0 aromatic rings. The summed E-state index contributed by atoms with van der Waals surface area (Å²) in [7, 11) is -2.91. The van der Waals surface area contributed by atoms with Gasteiger partial charge < -0.3 is 10.6 Å². The van der Waals surface area contributed by atoms with Crippen LogP contribution in [0.2, 0.25) is 0 Å². The van der Waals surface area contributed by atoms with Crippen LogP contribution in [0.3, 0.4) is 0 Å². The number of nitrogens with zero attached hydrogens (tertiary/aromatic N) is 1. The maximum absolute atomic E-state index is 11.1. The van der Waals surface area contributed by atoms with Gasteiger partial charge >= 0.3 is 0 Å². The summed E-state index contributed by atoms with van der Waals surface area (Å²) in [5.74, 6) is -0.0101. The molecule has 1 unspecified atom stereocenters. The van der Waals surface area contributed by atoms with E-state index in [0.29, 0.717) is 6.42 Å². The van der Waals surface area contributed by atoms with Crippen molar-refractivity contribution in [2.24, 2.45) is 0 Å². The zero-order valence-corrected chi connectivity index (χ0v) is 9.01. The van der Waals surface area contributed by atoms with Crippen LogP contribution in [0.5, 0.6) is 0 Å². The number of amides is 1. The Bertz CT molecular complexity index is 371. The topological polar surface area (TPSA) is 99.1 Å². The molecular weight excluding hydrogens is 218 g/mol. The monoisotopic (exact) mass is 231 g/mol. The molecule has 6 nitrogen and oxygen atoms in total. The first-order valence-corrected chi connectivity index (χ1v) is 6.43. The Balaban J connectivity index is 2.22. The van der Waals surface area contributed by atoms with Crippen molar-refractivity contribution in [3.63, 3.8) is 0 Å². The molecule has 0 bridgehead atoms. The van der Waals surface area contributed by atoms with Gasteiger partial charge in [0.15, 0.2) is 9.84 Å².